The van der Waals surface area contributed by atoms with Crippen LogP contribution >= 0.6 is 0 Å². The number of hydrogen-bond acceptors (Lipinski definition) is 0. The summed E-state index contributed by atoms with van der Waals surface area (Å²) in [5.74, 6) is 0. The Labute approximate surface area is 191 Å². The predicted octanol–water partition coefficient (Wildman–Crippen LogP) is 9.09. The molecule has 3 rings (SSSR count). The molecule has 3 aromatic rings. The first kappa shape index (κ1) is 23.7. The van der Waals surface area contributed by atoms with Gasteiger partial charge in [-0.3, -0.25) is 0 Å². The van der Waals surface area contributed by atoms with Crippen LogP contribution in [-0.2, 0) is 12.8 Å². The molecule has 0 saturated heterocycles. The maximum Gasteiger partial charge on any atom is 0.160 e. The molecule has 0 bridgehead atoms. The largest absolute Gasteiger partial charge is 0.239 e. The van der Waals surface area contributed by atoms with E-state index in [0.29, 0.717) is 11.1 Å². The van der Waals surface area contributed by atoms with Crippen molar-refractivity contribution in [3.8, 4) is 11.1 Å². The molecular formula is C30H32F2. The molecule has 0 N–H and O–H groups in total. The summed E-state index contributed by atoms with van der Waals surface area (Å²) in [5.41, 5.74) is 5.24. The summed E-state index contributed by atoms with van der Waals surface area (Å²) in [5, 5.41) is 0. The van der Waals surface area contributed by atoms with Crippen molar-refractivity contribution in [2.24, 2.45) is 0 Å². The van der Waals surface area contributed by atoms with Crippen LogP contribution in [0.2, 0.25) is 0 Å². The molecule has 3 aromatic carbocycles. The van der Waals surface area contributed by atoms with Crippen molar-refractivity contribution >= 4 is 0 Å². The topological polar surface area (TPSA) is 0 Å². The molecule has 0 heterocycles. The highest BCUT2D eigenvalue weighted by molar-refractivity contribution is 5.64. The van der Waals surface area contributed by atoms with Crippen LogP contribution in [0.1, 0.15) is 61.3 Å². The third kappa shape index (κ3) is 6.50. The van der Waals surface area contributed by atoms with Gasteiger partial charge in [-0.15, -0.1) is 0 Å². The molecule has 0 aliphatic carbocycles. The van der Waals surface area contributed by atoms with Crippen LogP contribution in [0, 0.1) is 0 Å². The van der Waals surface area contributed by atoms with Gasteiger partial charge in [0, 0.05) is 0 Å². The van der Waals surface area contributed by atoms with Crippen molar-refractivity contribution in [1.82, 2.24) is 0 Å². The van der Waals surface area contributed by atoms with Crippen molar-refractivity contribution in [3.63, 3.8) is 0 Å². The first-order valence-corrected chi connectivity index (χ1v) is 11.4. The Hall–Kier alpha value is -3.00. The van der Waals surface area contributed by atoms with E-state index in [2.05, 4.69) is 42.5 Å². The van der Waals surface area contributed by atoms with Crippen LogP contribution in [0.3, 0.4) is 0 Å². The third-order valence-electron chi connectivity index (χ3n) is 5.74. The summed E-state index contributed by atoms with van der Waals surface area (Å²) in [4.78, 5) is 0. The molecule has 0 amide bonds. The van der Waals surface area contributed by atoms with E-state index in [-0.39, 0.29) is 0 Å². The maximum absolute atomic E-state index is 14.9. The molecule has 0 aromatic heterocycles. The number of rotatable bonds is 10. The molecule has 2 unspecified atom stereocenters. The second-order valence-electron chi connectivity index (χ2n) is 8.08. The molecule has 0 saturated carbocycles. The fraction of sp³-hybridized carbons (Fsp3) is 0.267. The molecule has 0 fully saturated rings. The van der Waals surface area contributed by atoms with Gasteiger partial charge in [-0.05, 0) is 72.9 Å². The minimum atomic E-state index is -1.69. The normalized spacial score (nSPS) is 13.6. The van der Waals surface area contributed by atoms with Gasteiger partial charge in [0.2, 0.25) is 0 Å². The Kier molecular flexibility index (Phi) is 8.98. The number of hydrogen-bond donors (Lipinski definition) is 0. The average molecular weight is 431 g/mol. The monoisotopic (exact) mass is 430 g/mol. The van der Waals surface area contributed by atoms with Gasteiger partial charge in [0.15, 0.2) is 12.3 Å². The van der Waals surface area contributed by atoms with Crippen LogP contribution in [0.25, 0.3) is 11.1 Å². The van der Waals surface area contributed by atoms with Crippen molar-refractivity contribution in [2.75, 3.05) is 0 Å². The Morgan fingerprint density at radius 1 is 0.562 bits per heavy atom. The zero-order valence-corrected chi connectivity index (χ0v) is 19.0. The smallest absolute Gasteiger partial charge is 0.160 e. The summed E-state index contributed by atoms with van der Waals surface area (Å²) < 4.78 is 29.8. The lowest BCUT2D eigenvalue weighted by molar-refractivity contribution is 0.170. The summed E-state index contributed by atoms with van der Waals surface area (Å²) >= 11 is 0. The predicted molar refractivity (Wildman–Crippen MR) is 132 cm³/mol. The Balaban J connectivity index is 1.63. The second kappa shape index (κ2) is 12.1. The Bertz CT molecular complexity index is 996. The quantitative estimate of drug-likeness (QED) is 0.281. The Morgan fingerprint density at radius 2 is 0.906 bits per heavy atom. The third-order valence-corrected chi connectivity index (χ3v) is 5.74. The van der Waals surface area contributed by atoms with Gasteiger partial charge >= 0.3 is 0 Å². The van der Waals surface area contributed by atoms with E-state index in [4.69, 9.17) is 0 Å². The standard InChI is InChI=1S/C30H32F2/c1-3-5-7-9-23-11-15-25(16-12-23)26-19-21-28(22-20-26)30(32)29(31)27-17-13-24(14-18-27)10-8-6-4-2/h3-6,11-22,29-30H,7-10H2,1-2H3/b5-3+,6-4+. The van der Waals surface area contributed by atoms with Crippen molar-refractivity contribution in [3.05, 3.63) is 119 Å². The van der Waals surface area contributed by atoms with E-state index >= 15 is 0 Å². The van der Waals surface area contributed by atoms with E-state index in [1.54, 1.807) is 24.3 Å². The highest BCUT2D eigenvalue weighted by atomic mass is 19.2. The SMILES string of the molecule is C/C=C/CCc1ccc(-c2ccc(C(F)C(F)c3ccc(CC/C=C/C)cc3)cc2)cc1. The minimum Gasteiger partial charge on any atom is -0.239 e. The van der Waals surface area contributed by atoms with E-state index in [1.807, 2.05) is 44.2 Å². The van der Waals surface area contributed by atoms with Crippen molar-refractivity contribution < 1.29 is 8.78 Å². The fourth-order valence-corrected chi connectivity index (χ4v) is 3.76. The lowest BCUT2D eigenvalue weighted by atomic mass is 9.96. The van der Waals surface area contributed by atoms with Gasteiger partial charge in [-0.1, -0.05) is 97.1 Å². The molecule has 0 aliphatic heterocycles. The van der Waals surface area contributed by atoms with Gasteiger partial charge in [0.05, 0.1) is 0 Å². The number of aryl methyl sites for hydroxylation is 2. The molecular weight excluding hydrogens is 398 g/mol. The minimum absolute atomic E-state index is 0.362. The molecule has 0 spiro atoms. The molecule has 0 nitrogen and oxygen atoms in total. The highest BCUT2D eigenvalue weighted by Gasteiger charge is 2.24. The van der Waals surface area contributed by atoms with Crippen LogP contribution in [0.5, 0.6) is 0 Å². The maximum atomic E-state index is 14.9. The van der Waals surface area contributed by atoms with Crippen LogP contribution in [-0.4, -0.2) is 0 Å². The first-order chi connectivity index (χ1) is 15.6. The highest BCUT2D eigenvalue weighted by Crippen LogP contribution is 2.36. The molecule has 2 heteroatoms. The van der Waals surface area contributed by atoms with Gasteiger partial charge in [0.1, 0.15) is 0 Å². The van der Waals surface area contributed by atoms with Crippen LogP contribution in [0.4, 0.5) is 8.78 Å². The molecule has 32 heavy (non-hydrogen) atoms. The van der Waals surface area contributed by atoms with Crippen LogP contribution in [0.15, 0.2) is 97.1 Å². The van der Waals surface area contributed by atoms with Crippen molar-refractivity contribution in [2.45, 2.75) is 51.9 Å². The number of alkyl halides is 2. The summed E-state index contributed by atoms with van der Waals surface area (Å²) in [7, 11) is 0. The van der Waals surface area contributed by atoms with E-state index in [0.717, 1.165) is 42.4 Å². The van der Waals surface area contributed by atoms with Gasteiger partial charge in [-0.2, -0.15) is 0 Å². The average Bonchev–Trinajstić information content (AvgIpc) is 2.84. The van der Waals surface area contributed by atoms with Gasteiger partial charge in [0.25, 0.3) is 0 Å². The summed E-state index contributed by atoms with van der Waals surface area (Å²) in [6, 6.07) is 22.7. The Morgan fingerprint density at radius 3 is 1.31 bits per heavy atom. The number of allylic oxidation sites excluding steroid dienone is 4. The molecule has 0 aliphatic rings. The number of halogens is 2. The van der Waals surface area contributed by atoms with E-state index in [9.17, 15) is 8.78 Å². The van der Waals surface area contributed by atoms with E-state index in [1.165, 1.54) is 5.56 Å². The van der Waals surface area contributed by atoms with Crippen LogP contribution < -0.4 is 0 Å². The zero-order chi connectivity index (χ0) is 22.8. The fourth-order valence-electron chi connectivity index (χ4n) is 3.76. The zero-order valence-electron chi connectivity index (χ0n) is 19.0. The number of benzene rings is 3. The lowest BCUT2D eigenvalue weighted by Gasteiger charge is -2.15. The van der Waals surface area contributed by atoms with Crippen molar-refractivity contribution in [1.29, 1.82) is 0 Å². The lowest BCUT2D eigenvalue weighted by Crippen LogP contribution is -2.02. The molecule has 2 atom stereocenters. The molecule has 0 radical (unpaired) electrons. The van der Waals surface area contributed by atoms with Gasteiger partial charge in [-0.25, -0.2) is 8.78 Å². The first-order valence-electron chi connectivity index (χ1n) is 11.4. The molecule has 166 valence electrons. The van der Waals surface area contributed by atoms with Gasteiger partial charge < -0.3 is 0 Å². The second-order valence-corrected chi connectivity index (χ2v) is 8.08. The van der Waals surface area contributed by atoms with E-state index < -0.39 is 12.3 Å². The summed E-state index contributed by atoms with van der Waals surface area (Å²) in [6.45, 7) is 4.02. The summed E-state index contributed by atoms with van der Waals surface area (Å²) in [6.07, 6.45) is 8.89.